The molecule has 19 aromatic heterocycles. The van der Waals surface area contributed by atoms with Crippen LogP contribution in [0.5, 0.6) is 0 Å². The normalized spacial score (nSPS) is 15.6. The Morgan fingerprint density at radius 2 is 0.647 bits per heavy atom. The van der Waals surface area contributed by atoms with Gasteiger partial charge in [0.2, 0.25) is 0 Å². The predicted octanol–water partition coefficient (Wildman–Crippen LogP) is 9.56. The minimum Gasteiger partial charge on any atom is -0.395 e. The van der Waals surface area contributed by atoms with Crippen molar-refractivity contribution >= 4 is 89.6 Å². The molecule has 40 heteroatoms. The standard InChI is InChI=1S/C23H27N7O2.C23H27N7O.C22H25N7O.C21H23N7O.C21H22N6O/c1-3-18-21-12-20(26-30(21)14-16(2)24-18)19-13-23(32)29-15-17(4-5-22(29)25-19)28-8-6-27(7-9-28)10-11-31;1-4-18-21-12-20(26-30(21)14-16(3)24-18)19-13-23(31)29-15-17(6-7-22(29)25-19)28-10-8-27(5-2)9-11-28;1-4-17-20-11-19(25-29(20)13-15(2)23-17)18-12-22(30)28-14-16(5-6-21(28)24-18)27-9-7-26(3)8-10-27;1-3-16-19-10-18(25-28(19)12-14(2)23-16)17-11-21(29)27-13-15(4-5-20(27)24-17)26-8-6-22-7-9-26;1-14-12-26(8-7-22-14)17-4-6-20-24-18(10-21(28)27(20)13-17)15-3-5-19-16(9-15)11-23-25(19)2/h4-5,12-15,31H,3,6-11H2,1-2H3;6-7,12-15H,4-5,8-11H2,1-3H3;5-6,11-14H,4,7-10H2,1-3H3;4-5,10-13,22H,3,6-9H2,1-2H3;3-6,9-11,13-14,22H,7-8,12H2,1-2H3/t;;;;14-/m....1/s1. The number of pyridine rings is 5. The van der Waals surface area contributed by atoms with E-state index in [1.54, 1.807) is 52.3 Å². The molecule has 1 atom stereocenters. The second kappa shape index (κ2) is 42.9. The van der Waals surface area contributed by atoms with Crippen molar-refractivity contribution in [2.45, 2.75) is 101 Å². The van der Waals surface area contributed by atoms with Crippen LogP contribution in [0.25, 0.3) is 118 Å². The lowest BCUT2D eigenvalue weighted by Crippen LogP contribution is -2.49. The van der Waals surface area contributed by atoms with Gasteiger partial charge in [-0.2, -0.15) is 25.5 Å². The molecule has 0 bridgehead atoms. The molecule has 5 aliphatic rings. The summed E-state index contributed by atoms with van der Waals surface area (Å²) in [5, 5.41) is 39.8. The van der Waals surface area contributed by atoms with Gasteiger partial charge in [-0.05, 0) is 171 Å². The average molecular weight is 2020 g/mol. The first-order valence-corrected chi connectivity index (χ1v) is 51.8. The summed E-state index contributed by atoms with van der Waals surface area (Å²) in [4.78, 5) is 125. The Morgan fingerprint density at radius 1 is 0.327 bits per heavy atom. The minimum atomic E-state index is -0.132. The number of fused-ring (bicyclic) bond motifs is 10. The monoisotopic (exact) mass is 2020 g/mol. The van der Waals surface area contributed by atoms with E-state index in [-0.39, 0.29) is 34.4 Å². The van der Waals surface area contributed by atoms with Crippen molar-refractivity contribution in [1.82, 2.24) is 140 Å². The first-order chi connectivity index (χ1) is 72.8. The summed E-state index contributed by atoms with van der Waals surface area (Å²) in [7, 11) is 4.05. The molecule has 0 spiro atoms. The molecule has 0 aliphatic carbocycles. The highest BCUT2D eigenvalue weighted by Crippen LogP contribution is 2.31. The van der Waals surface area contributed by atoms with E-state index in [0.717, 1.165) is 269 Å². The lowest BCUT2D eigenvalue weighted by Gasteiger charge is -2.35. The van der Waals surface area contributed by atoms with Gasteiger partial charge in [-0.25, -0.2) is 43.0 Å². The van der Waals surface area contributed by atoms with Gasteiger partial charge < -0.3 is 50.0 Å². The number of likely N-dealkylation sites (N-methyl/N-ethyl adjacent to an activating group) is 2. The molecule has 5 saturated heterocycles. The minimum absolute atomic E-state index is 0.0729. The van der Waals surface area contributed by atoms with Crippen LogP contribution < -0.4 is 62.9 Å². The summed E-state index contributed by atoms with van der Waals surface area (Å²) in [6.45, 7) is 40.5. The quantitative estimate of drug-likeness (QED) is 0.0763. The maximum absolute atomic E-state index is 13.0. The molecule has 770 valence electrons. The molecule has 24 heterocycles. The van der Waals surface area contributed by atoms with Crippen LogP contribution in [0.2, 0.25) is 0 Å². The number of piperazine rings is 5. The number of anilines is 5. The summed E-state index contributed by atoms with van der Waals surface area (Å²) < 4.78 is 17.2. The van der Waals surface area contributed by atoms with Crippen molar-refractivity contribution in [3.05, 3.63) is 293 Å². The number of rotatable bonds is 17. The third kappa shape index (κ3) is 21.0. The van der Waals surface area contributed by atoms with E-state index in [1.165, 1.54) is 0 Å². The van der Waals surface area contributed by atoms with Crippen molar-refractivity contribution in [2.24, 2.45) is 7.05 Å². The molecule has 40 nitrogen and oxygen atoms in total. The second-order valence-corrected chi connectivity index (χ2v) is 39.0. The first kappa shape index (κ1) is 99.7. The third-order valence-corrected chi connectivity index (χ3v) is 28.7. The molecule has 0 radical (unpaired) electrons. The summed E-state index contributed by atoms with van der Waals surface area (Å²) in [5.74, 6) is 0. The highest BCUT2D eigenvalue weighted by molar-refractivity contribution is 5.84. The van der Waals surface area contributed by atoms with Crippen LogP contribution in [0.1, 0.15) is 87.1 Å². The SMILES string of the molecule is CCc1nc(C)cn2nc(-c3cc(=O)n4cc(N5CCN(C)CC5)ccc4n3)cc12.CCc1nc(C)cn2nc(-c3cc(=O)n4cc(N5CCN(CC)CC5)ccc4n3)cc12.CCc1nc(C)cn2nc(-c3cc(=O)n4cc(N5CCN(CCO)CC5)ccc4n3)cc12.CCc1nc(C)cn2nc(-c3cc(=O)n4cc(N5CCNCC5)ccc4n3)cc12.C[C@@H]1CN(c2ccc3nc(-c4ccc5c(cnn5C)c4)cc(=O)n3c2)CCN1. The smallest absolute Gasteiger partial charge is 0.258 e. The van der Waals surface area contributed by atoms with Crippen LogP contribution in [0, 0.1) is 27.7 Å². The molecule has 1 aromatic carbocycles. The van der Waals surface area contributed by atoms with Gasteiger partial charge in [0.15, 0.2) is 0 Å². The van der Waals surface area contributed by atoms with Crippen LogP contribution in [0.4, 0.5) is 28.4 Å². The summed E-state index contributed by atoms with van der Waals surface area (Å²) in [6, 6.07) is 41.9. The fraction of sp³-hybridized carbons (Fsp3) is 0.355. The average Bonchev–Trinajstić information content (AvgIpc) is 1.34. The van der Waals surface area contributed by atoms with Crippen molar-refractivity contribution < 1.29 is 5.11 Å². The van der Waals surface area contributed by atoms with Gasteiger partial charge in [0.1, 0.15) is 51.0 Å². The van der Waals surface area contributed by atoms with Gasteiger partial charge >= 0.3 is 0 Å². The second-order valence-electron chi connectivity index (χ2n) is 39.0. The molecule has 0 saturated carbocycles. The number of aryl methyl sites for hydroxylation is 9. The van der Waals surface area contributed by atoms with E-state index >= 15 is 0 Å². The highest BCUT2D eigenvalue weighted by Gasteiger charge is 2.27. The van der Waals surface area contributed by atoms with E-state index in [9.17, 15) is 24.0 Å². The Bertz CT molecular complexity index is 8800. The number of aromatic nitrogens is 24. The lowest BCUT2D eigenvalue weighted by molar-refractivity contribution is 0.189. The fourth-order valence-corrected chi connectivity index (χ4v) is 20.5. The zero-order valence-electron chi connectivity index (χ0n) is 86.7. The largest absolute Gasteiger partial charge is 0.395 e. The maximum Gasteiger partial charge on any atom is 0.258 e. The predicted molar refractivity (Wildman–Crippen MR) is 586 cm³/mol. The number of nitrogens with one attached hydrogen (secondary N) is 2. The van der Waals surface area contributed by atoms with E-state index < -0.39 is 0 Å². The molecule has 5 aliphatic heterocycles. The number of aliphatic hydroxyl groups excluding tert-OH is 1. The molecule has 0 unspecified atom stereocenters. The number of benzene rings is 1. The topological polar surface area (TPSA) is 381 Å². The molecule has 150 heavy (non-hydrogen) atoms. The van der Waals surface area contributed by atoms with E-state index in [2.05, 4.69) is 150 Å². The Morgan fingerprint density at radius 3 is 0.987 bits per heavy atom. The molecular weight excluding hydrogens is 1890 g/mol. The zero-order valence-corrected chi connectivity index (χ0v) is 86.7. The summed E-state index contributed by atoms with van der Waals surface area (Å²) >= 11 is 0. The Labute approximate surface area is 863 Å². The van der Waals surface area contributed by atoms with E-state index in [4.69, 9.17) is 30.0 Å². The van der Waals surface area contributed by atoms with E-state index in [1.807, 2.05) is 217 Å². The van der Waals surface area contributed by atoms with Crippen LogP contribution >= 0.6 is 0 Å². The first-order valence-electron chi connectivity index (χ1n) is 51.8. The molecule has 3 N–H and O–H groups in total. The third-order valence-electron chi connectivity index (χ3n) is 28.7. The number of hydrogen-bond donors (Lipinski definition) is 3. The molecule has 20 aromatic rings. The fourth-order valence-electron chi connectivity index (χ4n) is 20.5. The summed E-state index contributed by atoms with van der Waals surface area (Å²) in [5.41, 5.74) is 26.8. The maximum atomic E-state index is 13.0. The van der Waals surface area contributed by atoms with Crippen molar-refractivity contribution in [3.8, 4) is 56.8 Å². The summed E-state index contributed by atoms with van der Waals surface area (Å²) in [6.07, 6.45) is 22.1. The van der Waals surface area contributed by atoms with Crippen LogP contribution in [-0.2, 0) is 32.7 Å². The van der Waals surface area contributed by atoms with Crippen LogP contribution in [0.3, 0.4) is 0 Å². The Balaban J connectivity index is 0.000000110. The Hall–Kier alpha value is -16.3. The van der Waals surface area contributed by atoms with Crippen molar-refractivity contribution in [1.29, 1.82) is 0 Å². The van der Waals surface area contributed by atoms with E-state index in [0.29, 0.717) is 92.1 Å². The van der Waals surface area contributed by atoms with Gasteiger partial charge in [-0.15, -0.1) is 0 Å². The molecule has 5 fully saturated rings. The molecule has 0 amide bonds. The van der Waals surface area contributed by atoms with Crippen molar-refractivity contribution in [2.75, 3.05) is 176 Å². The molecular formula is C110H124N34O6. The van der Waals surface area contributed by atoms with Gasteiger partial charge in [0.25, 0.3) is 27.8 Å². The van der Waals surface area contributed by atoms with Gasteiger partial charge in [0.05, 0.1) is 168 Å². The van der Waals surface area contributed by atoms with Gasteiger partial charge in [0, 0.05) is 216 Å². The zero-order chi connectivity index (χ0) is 104. The lowest BCUT2D eigenvalue weighted by atomic mass is 10.1. The van der Waals surface area contributed by atoms with Crippen LogP contribution in [0.15, 0.2) is 219 Å². The van der Waals surface area contributed by atoms with Crippen LogP contribution in [-0.4, -0.2) is 292 Å². The number of hydrogen-bond acceptors (Lipinski definition) is 30. The van der Waals surface area contributed by atoms with Gasteiger partial charge in [-0.1, -0.05) is 40.7 Å². The highest BCUT2D eigenvalue weighted by atomic mass is 16.3. The molecule has 25 rings (SSSR count). The number of aliphatic hydroxyl groups is 1. The Kier molecular flexibility index (Phi) is 28.5. The van der Waals surface area contributed by atoms with Crippen molar-refractivity contribution in [3.63, 3.8) is 0 Å². The number of β-amino-alcohol motifs (C(OH)–C–C–N with tert-alkyl or cyclic N) is 1. The van der Waals surface area contributed by atoms with Gasteiger partial charge in [-0.3, -0.25) is 75.5 Å². The number of nitrogens with zero attached hydrogens (tertiary/aromatic N) is 32.